The number of hydrogen-bond donors (Lipinski definition) is 2. The molecule has 0 aliphatic heterocycles. The Kier molecular flexibility index (Phi) is 4.83. The maximum Gasteiger partial charge on any atom is 0.243 e. The van der Waals surface area contributed by atoms with Crippen LogP contribution in [0.25, 0.3) is 5.52 Å². The molecular formula is C20H24ClN5. The minimum absolute atomic E-state index is 0.197. The number of halogens is 1. The zero-order valence-electron chi connectivity index (χ0n) is 15.0. The third kappa shape index (κ3) is 3.84. The molecule has 3 N–H and O–H groups in total. The molecule has 2 heterocycles. The number of anilines is 1. The number of fused-ring (bicyclic) bond motifs is 1. The lowest BCUT2D eigenvalue weighted by Crippen LogP contribution is -2.23. The molecule has 136 valence electrons. The fraction of sp³-hybridized carbons (Fsp3) is 0.400. The second-order valence-electron chi connectivity index (χ2n) is 7.26. The number of nitrogens with two attached hydrogens (primary N) is 1. The first-order valence-corrected chi connectivity index (χ1v) is 9.56. The van der Waals surface area contributed by atoms with Crippen LogP contribution < -0.4 is 11.1 Å². The van der Waals surface area contributed by atoms with Gasteiger partial charge in [0, 0.05) is 18.3 Å². The van der Waals surface area contributed by atoms with E-state index in [0.717, 1.165) is 35.8 Å². The summed E-state index contributed by atoms with van der Waals surface area (Å²) in [7, 11) is 0. The Morgan fingerprint density at radius 2 is 2.08 bits per heavy atom. The van der Waals surface area contributed by atoms with Crippen LogP contribution in [0, 0.1) is 12.8 Å². The van der Waals surface area contributed by atoms with E-state index in [9.17, 15) is 0 Å². The van der Waals surface area contributed by atoms with Crippen molar-refractivity contribution in [2.75, 3.05) is 5.32 Å². The highest BCUT2D eigenvalue weighted by molar-refractivity contribution is 6.28. The molecule has 0 spiro atoms. The Morgan fingerprint density at radius 1 is 1.31 bits per heavy atom. The van der Waals surface area contributed by atoms with E-state index in [1.165, 1.54) is 24.0 Å². The number of benzene rings is 1. The molecular weight excluding hydrogens is 346 g/mol. The summed E-state index contributed by atoms with van der Waals surface area (Å²) in [5.74, 6) is 1.58. The molecule has 4 rings (SSSR count). The van der Waals surface area contributed by atoms with Crippen LogP contribution in [0.3, 0.4) is 0 Å². The van der Waals surface area contributed by atoms with Gasteiger partial charge in [-0.25, -0.2) is 4.52 Å². The van der Waals surface area contributed by atoms with E-state index in [1.54, 1.807) is 0 Å². The molecule has 0 saturated heterocycles. The zero-order valence-corrected chi connectivity index (χ0v) is 15.7. The summed E-state index contributed by atoms with van der Waals surface area (Å²) in [5.41, 5.74) is 10.8. The number of nitrogens with one attached hydrogen (secondary N) is 1. The lowest BCUT2D eigenvalue weighted by atomic mass is 10.0. The van der Waals surface area contributed by atoms with Gasteiger partial charge in [-0.15, -0.1) is 5.10 Å². The van der Waals surface area contributed by atoms with E-state index < -0.39 is 0 Å². The fourth-order valence-corrected chi connectivity index (χ4v) is 3.63. The van der Waals surface area contributed by atoms with Crippen LogP contribution in [0.15, 0.2) is 36.4 Å². The van der Waals surface area contributed by atoms with Gasteiger partial charge in [-0.3, -0.25) is 0 Å². The van der Waals surface area contributed by atoms with Crippen LogP contribution in [-0.2, 0) is 13.0 Å². The standard InChI is InChI=1S/C20H24ClN5/c1-13-16(10-17(22)9-14-7-8-14)11-18-19(24-20(21)25-26(13)18)23-12-15-5-3-2-4-6-15/h2-6,11,14,17H,7-10,12,22H2,1H3,(H,23,24,25)/t17-/m0/s1. The van der Waals surface area contributed by atoms with Gasteiger partial charge in [-0.2, -0.15) is 4.98 Å². The minimum Gasteiger partial charge on any atom is -0.364 e. The topological polar surface area (TPSA) is 68.2 Å². The van der Waals surface area contributed by atoms with Crippen molar-refractivity contribution in [2.24, 2.45) is 11.7 Å². The number of aromatic nitrogens is 3. The fourth-order valence-electron chi connectivity index (χ4n) is 3.47. The van der Waals surface area contributed by atoms with Crippen molar-refractivity contribution < 1.29 is 0 Å². The van der Waals surface area contributed by atoms with E-state index in [2.05, 4.69) is 40.5 Å². The molecule has 1 aromatic carbocycles. The predicted octanol–water partition coefficient (Wildman–Crippen LogP) is 3.97. The average molecular weight is 370 g/mol. The van der Waals surface area contributed by atoms with Crippen LogP contribution in [0.5, 0.6) is 0 Å². The molecule has 6 heteroatoms. The van der Waals surface area contributed by atoms with E-state index in [4.69, 9.17) is 17.3 Å². The van der Waals surface area contributed by atoms with Gasteiger partial charge >= 0.3 is 0 Å². The highest BCUT2D eigenvalue weighted by atomic mass is 35.5. The summed E-state index contributed by atoms with van der Waals surface area (Å²) < 4.78 is 1.88. The highest BCUT2D eigenvalue weighted by Gasteiger charge is 2.24. The Balaban J connectivity index is 1.59. The van der Waals surface area contributed by atoms with Gasteiger partial charge < -0.3 is 11.1 Å². The van der Waals surface area contributed by atoms with E-state index in [0.29, 0.717) is 6.54 Å². The van der Waals surface area contributed by atoms with Crippen LogP contribution in [-0.4, -0.2) is 20.6 Å². The normalized spacial score (nSPS) is 15.3. The van der Waals surface area contributed by atoms with Crippen LogP contribution in [0.2, 0.25) is 5.28 Å². The first-order chi connectivity index (χ1) is 12.6. The SMILES string of the molecule is Cc1c(C[C@@H](N)CC2CC2)cc2c(NCc3ccccc3)nc(Cl)nn12. The first kappa shape index (κ1) is 17.3. The summed E-state index contributed by atoms with van der Waals surface area (Å²) in [5, 5.41) is 8.01. The van der Waals surface area contributed by atoms with Gasteiger partial charge in [0.15, 0.2) is 5.82 Å². The molecule has 26 heavy (non-hydrogen) atoms. The summed E-state index contributed by atoms with van der Waals surface area (Å²) in [6.45, 7) is 2.75. The Labute approximate surface area is 158 Å². The van der Waals surface area contributed by atoms with Crippen molar-refractivity contribution in [3.63, 3.8) is 0 Å². The van der Waals surface area contributed by atoms with Crippen LogP contribution in [0.1, 0.15) is 36.1 Å². The maximum absolute atomic E-state index is 6.35. The van der Waals surface area contributed by atoms with E-state index in [1.807, 2.05) is 22.7 Å². The lowest BCUT2D eigenvalue weighted by Gasteiger charge is -2.10. The second kappa shape index (κ2) is 7.25. The summed E-state index contributed by atoms with van der Waals surface area (Å²) in [6.07, 6.45) is 4.64. The smallest absolute Gasteiger partial charge is 0.243 e. The van der Waals surface area contributed by atoms with Crippen molar-refractivity contribution in [1.82, 2.24) is 14.6 Å². The van der Waals surface area contributed by atoms with Gasteiger partial charge in [0.2, 0.25) is 5.28 Å². The average Bonchev–Trinajstić information content (AvgIpc) is 3.39. The Hall–Kier alpha value is -2.11. The molecule has 5 nitrogen and oxygen atoms in total. The van der Waals surface area contributed by atoms with Crippen molar-refractivity contribution >= 4 is 22.9 Å². The molecule has 0 bridgehead atoms. The molecule has 1 aliphatic carbocycles. The molecule has 1 fully saturated rings. The first-order valence-electron chi connectivity index (χ1n) is 9.18. The molecule has 0 radical (unpaired) electrons. The second-order valence-corrected chi connectivity index (χ2v) is 7.60. The molecule has 2 aromatic heterocycles. The third-order valence-corrected chi connectivity index (χ3v) is 5.23. The van der Waals surface area contributed by atoms with Crippen LogP contribution in [0.4, 0.5) is 5.82 Å². The van der Waals surface area contributed by atoms with Crippen molar-refractivity contribution in [2.45, 2.75) is 45.2 Å². The molecule has 1 atom stereocenters. The quantitative estimate of drug-likeness (QED) is 0.661. The minimum atomic E-state index is 0.197. The van der Waals surface area contributed by atoms with Crippen molar-refractivity contribution in [3.8, 4) is 0 Å². The Bertz CT molecular complexity index is 901. The van der Waals surface area contributed by atoms with Gasteiger partial charge in [0.1, 0.15) is 5.52 Å². The monoisotopic (exact) mass is 369 g/mol. The van der Waals surface area contributed by atoms with Crippen molar-refractivity contribution in [1.29, 1.82) is 0 Å². The Morgan fingerprint density at radius 3 is 2.81 bits per heavy atom. The number of hydrogen-bond acceptors (Lipinski definition) is 4. The lowest BCUT2D eigenvalue weighted by molar-refractivity contribution is 0.565. The molecule has 0 amide bonds. The highest BCUT2D eigenvalue weighted by Crippen LogP contribution is 2.34. The summed E-state index contributed by atoms with van der Waals surface area (Å²) >= 11 is 6.16. The van der Waals surface area contributed by atoms with E-state index >= 15 is 0 Å². The largest absolute Gasteiger partial charge is 0.364 e. The van der Waals surface area contributed by atoms with Crippen LogP contribution >= 0.6 is 11.6 Å². The third-order valence-electron chi connectivity index (χ3n) is 5.07. The van der Waals surface area contributed by atoms with E-state index in [-0.39, 0.29) is 11.3 Å². The number of rotatable bonds is 7. The zero-order chi connectivity index (χ0) is 18.1. The van der Waals surface area contributed by atoms with Gasteiger partial charge in [-0.1, -0.05) is 43.2 Å². The summed E-state index contributed by atoms with van der Waals surface area (Å²) in [4.78, 5) is 4.40. The number of nitrogens with zero attached hydrogens (tertiary/aromatic N) is 3. The number of aryl methyl sites for hydroxylation is 1. The predicted molar refractivity (Wildman–Crippen MR) is 106 cm³/mol. The molecule has 3 aromatic rings. The molecule has 0 unspecified atom stereocenters. The van der Waals surface area contributed by atoms with Crippen molar-refractivity contribution in [3.05, 3.63) is 58.5 Å². The van der Waals surface area contributed by atoms with Gasteiger partial charge in [0.25, 0.3) is 0 Å². The maximum atomic E-state index is 6.35. The van der Waals surface area contributed by atoms with Gasteiger partial charge in [0.05, 0.1) is 0 Å². The molecule has 1 aliphatic rings. The van der Waals surface area contributed by atoms with Gasteiger partial charge in [-0.05, 0) is 54.5 Å². The summed E-state index contributed by atoms with van der Waals surface area (Å²) in [6, 6.07) is 12.6. The molecule has 1 saturated carbocycles.